The molecule has 0 amide bonds. The number of aliphatic hydroxyl groups excluding tert-OH is 2. The van der Waals surface area contributed by atoms with E-state index in [2.05, 4.69) is 0 Å². The van der Waals surface area contributed by atoms with Crippen molar-refractivity contribution in [3.05, 3.63) is 0 Å². The Morgan fingerprint density at radius 2 is 1.21 bits per heavy atom. The highest BCUT2D eigenvalue weighted by molar-refractivity contribution is 7.46. The van der Waals surface area contributed by atoms with Gasteiger partial charge in [-0.05, 0) is 19.3 Å². The molecule has 0 bridgehead atoms. The summed E-state index contributed by atoms with van der Waals surface area (Å²) in [7, 11) is 6.91. The van der Waals surface area contributed by atoms with Gasteiger partial charge >= 0.3 is 0 Å². The molecule has 3 heterocycles. The molecule has 5 unspecified atom stereocenters. The Morgan fingerprint density at radius 1 is 0.788 bits per heavy atom. The minimum Gasteiger partial charge on any atom is -0.756 e. The summed E-state index contributed by atoms with van der Waals surface area (Å²) in [5, 5.41) is 19.0. The van der Waals surface area contributed by atoms with Gasteiger partial charge in [-0.15, -0.1) is 0 Å². The first-order valence-electron chi connectivity index (χ1n) is 10.2. The molecule has 0 aromatic rings. The van der Waals surface area contributed by atoms with E-state index in [-0.39, 0.29) is 19.3 Å². The van der Waals surface area contributed by atoms with Crippen LogP contribution in [0.3, 0.4) is 0 Å². The molecular weight excluding hydrogens is 483 g/mol. The summed E-state index contributed by atoms with van der Waals surface area (Å²) in [5.74, 6) is 0. The molecule has 6 radical (unpaired) electrons. The van der Waals surface area contributed by atoms with Gasteiger partial charge in [0, 0.05) is 18.0 Å². The van der Waals surface area contributed by atoms with Crippen LogP contribution in [0.1, 0.15) is 19.3 Å². The maximum atomic E-state index is 12.2. The summed E-state index contributed by atoms with van der Waals surface area (Å²) in [6.07, 6.45) is -6.31. The number of rotatable bonds is 11. The fourth-order valence-corrected chi connectivity index (χ4v) is 5.55. The molecule has 18 heteroatoms. The third-order valence-electron chi connectivity index (χ3n) is 5.21. The molecule has 3 rings (SSSR count). The van der Waals surface area contributed by atoms with Gasteiger partial charge in [-0.1, -0.05) is 0 Å². The molecule has 3 aliphatic heterocycles. The molecule has 0 aliphatic carbocycles. The lowest BCUT2D eigenvalue weighted by Gasteiger charge is -2.31. The maximum Gasteiger partial charge on any atom is 0.268 e. The Labute approximate surface area is 194 Å². The predicted molar refractivity (Wildman–Crippen MR) is 107 cm³/mol. The van der Waals surface area contributed by atoms with E-state index in [1.54, 1.807) is 0 Å². The zero-order chi connectivity index (χ0) is 24.4. The van der Waals surface area contributed by atoms with Crippen molar-refractivity contribution in [2.24, 2.45) is 0 Å². The molecule has 2 N–H and O–H groups in total. The monoisotopic (exact) mass is 506 g/mol. The average molecular weight is 506 g/mol. The number of phosphoric acid groups is 2. The van der Waals surface area contributed by atoms with Gasteiger partial charge in [0.05, 0.1) is 38.1 Å². The van der Waals surface area contributed by atoms with Crippen LogP contribution in [0.5, 0.6) is 0 Å². The second kappa shape index (κ2) is 11.5. The highest BCUT2D eigenvalue weighted by Gasteiger charge is 2.40. The summed E-state index contributed by atoms with van der Waals surface area (Å²) in [5.41, 5.74) is 0. The fraction of sp³-hybridized carbons (Fsp3) is 1.00. The largest absolute Gasteiger partial charge is 0.756 e. The first kappa shape index (κ1) is 27.8. The molecule has 11 atom stereocenters. The quantitative estimate of drug-likeness (QED) is 0.213. The maximum absolute atomic E-state index is 12.2. The lowest BCUT2D eigenvalue weighted by atomic mass is 9.96. The standard InChI is InChI=1S/C15H25B3O13P2/c16-13-1-7(20)11(28-13)5-25-32(21,22)31-9-3-15(18)29-12(9)6-26-33(23,24)30-8-2-14(17)27-10(8)4-19/h7-15,19-20H,1-6H2,(H,21,22)(H,23,24)/p-2/t7?,8?,9?,10-,11-,12-,13-,14-,15-/m1/s1. The van der Waals surface area contributed by atoms with Crippen LogP contribution in [0.2, 0.25) is 0 Å². The Hall–Kier alpha value is 0.215. The second-order valence-electron chi connectivity index (χ2n) is 7.87. The van der Waals surface area contributed by atoms with Gasteiger partial charge in [0.25, 0.3) is 15.6 Å². The predicted octanol–water partition coefficient (Wildman–Crippen LogP) is -3.07. The van der Waals surface area contributed by atoms with Crippen molar-refractivity contribution in [3.8, 4) is 0 Å². The smallest absolute Gasteiger partial charge is 0.268 e. The molecule has 3 fully saturated rings. The van der Waals surface area contributed by atoms with E-state index in [1.165, 1.54) is 0 Å². The van der Waals surface area contributed by atoms with Gasteiger partial charge in [-0.3, -0.25) is 9.13 Å². The highest BCUT2D eigenvalue weighted by Crippen LogP contribution is 2.46. The molecule has 0 spiro atoms. The molecule has 0 saturated carbocycles. The van der Waals surface area contributed by atoms with E-state index in [9.17, 15) is 29.1 Å². The zero-order valence-corrected chi connectivity index (χ0v) is 19.2. The SMILES string of the molecule is [B][C@H]1CC(O)[C@@H](COP(=O)([O-])OC2C[C@H]([B])O[C@@H]2COP(=O)([O-])OC2C[C@H]([B])O[C@@H]2CO)O1. The van der Waals surface area contributed by atoms with Crippen molar-refractivity contribution >= 4 is 39.2 Å². The molecule has 0 aromatic heterocycles. The number of hydrogen-bond donors (Lipinski definition) is 2. The van der Waals surface area contributed by atoms with Gasteiger partial charge in [-0.25, -0.2) is 0 Å². The summed E-state index contributed by atoms with van der Waals surface area (Å²) < 4.78 is 59.4. The van der Waals surface area contributed by atoms with E-state index >= 15 is 0 Å². The number of ether oxygens (including phenoxy) is 3. The third kappa shape index (κ3) is 8.11. The molecule has 3 saturated heterocycles. The highest BCUT2D eigenvalue weighted by atomic mass is 31.2. The van der Waals surface area contributed by atoms with Crippen LogP contribution >= 0.6 is 15.6 Å². The van der Waals surface area contributed by atoms with Crippen LogP contribution < -0.4 is 9.79 Å². The number of phosphoric ester groups is 2. The minimum atomic E-state index is -4.92. The summed E-state index contributed by atoms with van der Waals surface area (Å²) >= 11 is 0. The minimum absolute atomic E-state index is 0.0123. The number of aliphatic hydroxyl groups is 2. The molecule has 13 nitrogen and oxygen atoms in total. The molecule has 182 valence electrons. The molecule has 0 aromatic carbocycles. The van der Waals surface area contributed by atoms with Crippen LogP contribution in [-0.4, -0.2) is 108 Å². The van der Waals surface area contributed by atoms with Crippen LogP contribution in [0.4, 0.5) is 0 Å². The Bertz CT molecular complexity index is 750. The lowest BCUT2D eigenvalue weighted by molar-refractivity contribution is -0.237. The van der Waals surface area contributed by atoms with Crippen LogP contribution in [0.15, 0.2) is 0 Å². The summed E-state index contributed by atoms with van der Waals surface area (Å²) in [6, 6.07) is -2.50. The first-order chi connectivity index (χ1) is 15.4. The average Bonchev–Trinajstić information content (AvgIpc) is 3.33. The third-order valence-corrected chi connectivity index (χ3v) is 7.20. The van der Waals surface area contributed by atoms with Crippen molar-refractivity contribution < 1.29 is 61.4 Å². The van der Waals surface area contributed by atoms with E-state index in [1.807, 2.05) is 0 Å². The summed E-state index contributed by atoms with van der Waals surface area (Å²) in [6.45, 7) is -1.71. The van der Waals surface area contributed by atoms with Gasteiger partial charge in [0.15, 0.2) is 0 Å². The first-order valence-corrected chi connectivity index (χ1v) is 13.1. The van der Waals surface area contributed by atoms with Crippen LogP contribution in [0.25, 0.3) is 0 Å². The molecule has 33 heavy (non-hydrogen) atoms. The van der Waals surface area contributed by atoms with E-state index in [0.717, 1.165) is 0 Å². The Morgan fingerprint density at radius 3 is 1.70 bits per heavy atom. The Balaban J connectivity index is 1.50. The second-order valence-corrected chi connectivity index (χ2v) is 10.6. The van der Waals surface area contributed by atoms with Crippen molar-refractivity contribution in [1.82, 2.24) is 0 Å². The van der Waals surface area contributed by atoms with E-state index in [0.29, 0.717) is 0 Å². The van der Waals surface area contributed by atoms with E-state index < -0.39 is 90.1 Å². The van der Waals surface area contributed by atoms with E-state index in [4.69, 9.17) is 55.8 Å². The van der Waals surface area contributed by atoms with Crippen molar-refractivity contribution in [3.63, 3.8) is 0 Å². The summed E-state index contributed by atoms with van der Waals surface area (Å²) in [4.78, 5) is 24.4. The van der Waals surface area contributed by atoms with Crippen molar-refractivity contribution in [2.75, 3.05) is 19.8 Å². The topological polar surface area (TPSA) is 185 Å². The number of hydrogen-bond acceptors (Lipinski definition) is 13. The van der Waals surface area contributed by atoms with Gasteiger partial charge in [0.1, 0.15) is 41.9 Å². The molecular formula is C15H23B3O13P2-2. The van der Waals surface area contributed by atoms with Crippen molar-refractivity contribution in [1.29, 1.82) is 0 Å². The lowest BCUT2D eigenvalue weighted by Crippen LogP contribution is -2.33. The van der Waals surface area contributed by atoms with Gasteiger partial charge in [0.2, 0.25) is 0 Å². The zero-order valence-electron chi connectivity index (χ0n) is 17.5. The van der Waals surface area contributed by atoms with Gasteiger partial charge < -0.3 is 52.3 Å². The van der Waals surface area contributed by atoms with Gasteiger partial charge in [-0.2, -0.15) is 0 Å². The normalized spacial score (nSPS) is 42.8. The molecule has 3 aliphatic rings. The van der Waals surface area contributed by atoms with Crippen LogP contribution in [-0.2, 0) is 41.4 Å². The fourth-order valence-electron chi connectivity index (χ4n) is 3.66. The van der Waals surface area contributed by atoms with Crippen LogP contribution in [0, 0.1) is 0 Å². The Kier molecular flexibility index (Phi) is 9.70. The van der Waals surface area contributed by atoms with Crippen molar-refractivity contribution in [2.45, 2.75) is 73.9 Å².